The molecule has 0 spiro atoms. The van der Waals surface area contributed by atoms with Crippen LogP contribution in [0.15, 0.2) is 41.5 Å². The van der Waals surface area contributed by atoms with E-state index in [9.17, 15) is 4.79 Å². The summed E-state index contributed by atoms with van der Waals surface area (Å²) in [6.45, 7) is 4.31. The Kier molecular flexibility index (Phi) is 4.46. The van der Waals surface area contributed by atoms with Crippen LogP contribution in [-0.2, 0) is 16.9 Å². The molecule has 146 valence electrons. The number of benzene rings is 2. The van der Waals surface area contributed by atoms with Gasteiger partial charge in [-0.25, -0.2) is 5.01 Å². The number of hydrazone groups is 1. The largest absolute Gasteiger partial charge is 0.493 e. The third-order valence-corrected chi connectivity index (χ3v) is 5.75. The van der Waals surface area contributed by atoms with Gasteiger partial charge in [0.15, 0.2) is 28.8 Å². The number of rotatable bonds is 4. The van der Waals surface area contributed by atoms with E-state index in [-0.39, 0.29) is 5.78 Å². The summed E-state index contributed by atoms with van der Waals surface area (Å²) in [5.41, 5.74) is 2.37. The normalized spacial score (nSPS) is 20.4. The van der Waals surface area contributed by atoms with Gasteiger partial charge < -0.3 is 14.4 Å². The van der Waals surface area contributed by atoms with E-state index in [1.165, 1.54) is 0 Å². The lowest BCUT2D eigenvalue weighted by Gasteiger charge is -2.46. The smallest absolute Gasteiger partial charge is 0.196 e. The zero-order chi connectivity index (χ0) is 20.1. The first kappa shape index (κ1) is 18.6. The van der Waals surface area contributed by atoms with Crippen molar-refractivity contribution in [2.45, 2.75) is 25.9 Å². The summed E-state index contributed by atoms with van der Waals surface area (Å²) < 4.78 is 11.0. The Morgan fingerprint density at radius 1 is 1.14 bits per heavy atom. The number of carbonyl (C=O) groups is 1. The Balaban J connectivity index is 1.93. The molecule has 2 heterocycles. The minimum Gasteiger partial charge on any atom is -0.493 e. The number of fused-ring (bicyclic) bond motifs is 3. The van der Waals surface area contributed by atoms with Gasteiger partial charge in [0.25, 0.3) is 0 Å². The molecule has 0 amide bonds. The topological polar surface area (TPSA) is 54.4 Å². The fourth-order valence-corrected chi connectivity index (χ4v) is 4.23. The second-order valence-electron chi connectivity index (χ2n) is 7.05. The summed E-state index contributed by atoms with van der Waals surface area (Å²) in [7, 11) is 3.25. The van der Waals surface area contributed by atoms with Gasteiger partial charge in [-0.05, 0) is 55.3 Å². The van der Waals surface area contributed by atoms with Gasteiger partial charge in [0.05, 0.1) is 19.9 Å². The van der Waals surface area contributed by atoms with Gasteiger partial charge in [-0.1, -0.05) is 11.6 Å². The van der Waals surface area contributed by atoms with Crippen LogP contribution in [0.5, 0.6) is 11.5 Å². The quantitative estimate of drug-likeness (QED) is 0.782. The van der Waals surface area contributed by atoms with E-state index in [0.717, 1.165) is 23.2 Å². The van der Waals surface area contributed by atoms with Crippen LogP contribution in [0.1, 0.15) is 25.0 Å². The van der Waals surface area contributed by atoms with E-state index < -0.39 is 5.66 Å². The molecule has 7 heteroatoms. The maximum Gasteiger partial charge on any atom is 0.196 e. The van der Waals surface area contributed by atoms with Gasteiger partial charge in [-0.15, -0.1) is 5.10 Å². The highest BCUT2D eigenvalue weighted by Crippen LogP contribution is 2.47. The maximum atomic E-state index is 12.3. The molecule has 0 saturated carbocycles. The first-order valence-electron chi connectivity index (χ1n) is 9.08. The summed E-state index contributed by atoms with van der Waals surface area (Å²) in [5.74, 6) is 1.74. The van der Waals surface area contributed by atoms with Gasteiger partial charge in [0, 0.05) is 24.1 Å². The molecule has 2 aliphatic heterocycles. The summed E-state index contributed by atoms with van der Waals surface area (Å²) >= 11 is 6.07. The molecule has 28 heavy (non-hydrogen) atoms. The molecule has 1 atom stereocenters. The number of Topliss-reactive ketones (excluding diaryl/α,β-unsaturated/α-hetero) is 1. The van der Waals surface area contributed by atoms with Crippen LogP contribution in [0.25, 0.3) is 0 Å². The molecule has 0 fully saturated rings. The van der Waals surface area contributed by atoms with Gasteiger partial charge in [-0.3, -0.25) is 4.79 Å². The Morgan fingerprint density at radius 3 is 2.39 bits per heavy atom. The number of methoxy groups -OCH3 is 2. The second-order valence-corrected chi connectivity index (χ2v) is 7.49. The van der Waals surface area contributed by atoms with Crippen molar-refractivity contribution < 1.29 is 14.3 Å². The molecule has 4 rings (SSSR count). The molecule has 2 aromatic carbocycles. The summed E-state index contributed by atoms with van der Waals surface area (Å²) in [6.07, 6.45) is 0.784. The number of anilines is 1. The molecule has 0 N–H and O–H groups in total. The summed E-state index contributed by atoms with van der Waals surface area (Å²) in [5, 5.41) is 7.25. The fourth-order valence-electron chi connectivity index (χ4n) is 4.10. The van der Waals surface area contributed by atoms with Crippen LogP contribution in [0.4, 0.5) is 5.69 Å². The van der Waals surface area contributed by atoms with E-state index in [0.29, 0.717) is 28.9 Å². The number of ketones is 1. The Morgan fingerprint density at radius 2 is 1.79 bits per heavy atom. The van der Waals surface area contributed by atoms with Crippen molar-refractivity contribution in [2.75, 3.05) is 25.8 Å². The standard InChI is InChI=1S/C21H22ClN3O3/c1-13(26)20-23-25(16-7-5-15(22)6-8-16)21(2)17-12-19(28-4)18(27-3)11-14(17)9-10-24(20)21/h5-8,11-12H,9-10H2,1-4H3/t21-/m1/s1. The highest BCUT2D eigenvalue weighted by Gasteiger charge is 2.51. The zero-order valence-electron chi connectivity index (χ0n) is 16.3. The Bertz CT molecular complexity index is 974. The Hall–Kier alpha value is -2.73. The van der Waals surface area contributed by atoms with Crippen LogP contribution in [0.3, 0.4) is 0 Å². The maximum absolute atomic E-state index is 12.3. The Labute approximate surface area is 169 Å². The van der Waals surface area contributed by atoms with E-state index >= 15 is 0 Å². The lowest BCUT2D eigenvalue weighted by molar-refractivity contribution is -0.111. The van der Waals surface area contributed by atoms with Crippen LogP contribution >= 0.6 is 11.6 Å². The average molecular weight is 400 g/mol. The van der Waals surface area contributed by atoms with Crippen molar-refractivity contribution in [1.82, 2.24) is 4.90 Å². The van der Waals surface area contributed by atoms with Crippen molar-refractivity contribution in [1.29, 1.82) is 0 Å². The van der Waals surface area contributed by atoms with E-state index in [1.807, 2.05) is 41.4 Å². The van der Waals surface area contributed by atoms with E-state index in [4.69, 9.17) is 26.2 Å². The molecule has 0 aliphatic carbocycles. The lowest BCUT2D eigenvalue weighted by atomic mass is 9.87. The highest BCUT2D eigenvalue weighted by molar-refractivity contribution is 6.38. The highest BCUT2D eigenvalue weighted by atomic mass is 35.5. The summed E-state index contributed by atoms with van der Waals surface area (Å²) in [4.78, 5) is 14.4. The molecular formula is C21H22ClN3O3. The summed E-state index contributed by atoms with van der Waals surface area (Å²) in [6, 6.07) is 11.5. The van der Waals surface area contributed by atoms with Crippen molar-refractivity contribution in [3.63, 3.8) is 0 Å². The number of halogens is 1. The van der Waals surface area contributed by atoms with Crippen molar-refractivity contribution in [2.24, 2.45) is 5.10 Å². The molecular weight excluding hydrogens is 378 g/mol. The SMILES string of the molecule is COc1cc2c(cc1OC)[C@]1(C)N(CC2)C(C(C)=O)=NN1c1ccc(Cl)cc1. The van der Waals surface area contributed by atoms with E-state index in [2.05, 4.69) is 11.8 Å². The molecule has 0 aromatic heterocycles. The predicted molar refractivity (Wildman–Crippen MR) is 109 cm³/mol. The number of hydrogen-bond donors (Lipinski definition) is 0. The number of carbonyl (C=O) groups excluding carboxylic acids is 1. The van der Waals surface area contributed by atoms with Crippen LogP contribution in [0.2, 0.25) is 5.02 Å². The second kappa shape index (κ2) is 6.71. The molecule has 0 unspecified atom stereocenters. The number of nitrogens with zero attached hydrogens (tertiary/aromatic N) is 3. The number of amidine groups is 1. The van der Waals surface area contributed by atoms with Crippen LogP contribution < -0.4 is 14.5 Å². The molecule has 2 aromatic rings. The number of hydrogen-bond acceptors (Lipinski definition) is 6. The van der Waals surface area contributed by atoms with Crippen LogP contribution in [0, 0.1) is 0 Å². The fraction of sp³-hybridized carbons (Fsp3) is 0.333. The molecule has 0 radical (unpaired) electrons. The van der Waals surface area contributed by atoms with Crippen LogP contribution in [-0.4, -0.2) is 37.3 Å². The monoisotopic (exact) mass is 399 g/mol. The zero-order valence-corrected chi connectivity index (χ0v) is 17.1. The van der Waals surface area contributed by atoms with Crippen molar-refractivity contribution >= 4 is 28.9 Å². The first-order valence-corrected chi connectivity index (χ1v) is 9.46. The third kappa shape index (κ3) is 2.63. The predicted octanol–water partition coefficient (Wildman–Crippen LogP) is 3.81. The van der Waals surface area contributed by atoms with Crippen molar-refractivity contribution in [3.8, 4) is 11.5 Å². The average Bonchev–Trinajstić information content (AvgIpc) is 3.01. The van der Waals surface area contributed by atoms with Gasteiger partial charge in [-0.2, -0.15) is 0 Å². The molecule has 6 nitrogen and oxygen atoms in total. The van der Waals surface area contributed by atoms with Gasteiger partial charge in [0.1, 0.15) is 0 Å². The number of ether oxygens (including phenoxy) is 2. The van der Waals surface area contributed by atoms with Gasteiger partial charge in [0.2, 0.25) is 0 Å². The molecule has 2 aliphatic rings. The molecule has 0 bridgehead atoms. The van der Waals surface area contributed by atoms with Crippen molar-refractivity contribution in [3.05, 3.63) is 52.5 Å². The van der Waals surface area contributed by atoms with E-state index in [1.54, 1.807) is 21.1 Å². The lowest BCUT2D eigenvalue weighted by Crippen LogP contribution is -2.55. The minimum atomic E-state index is -0.665. The first-order chi connectivity index (χ1) is 13.4. The third-order valence-electron chi connectivity index (χ3n) is 5.50. The van der Waals surface area contributed by atoms with Gasteiger partial charge >= 0.3 is 0 Å². The minimum absolute atomic E-state index is 0.0633. The molecule has 0 saturated heterocycles.